The van der Waals surface area contributed by atoms with Crippen molar-refractivity contribution in [2.75, 3.05) is 11.4 Å². The Morgan fingerprint density at radius 3 is 1.91 bits per heavy atom. The van der Waals surface area contributed by atoms with Crippen LogP contribution in [0.3, 0.4) is 0 Å². The lowest BCUT2D eigenvalue weighted by Crippen LogP contribution is -2.43. The molecule has 0 spiro atoms. The standard InChI is InChI=1S/C38H35ClF6N2O5S/c1-19-10-25(37(49)50)11-20(2)35(19)47(16-21-12-24(22-6-7-22)14-26(13-21)38(3,4)5)29(48)18-46(17-23-8-9-27(40)15-28(23)39)53(51,52)36-33(44)31(42)30(41)32(43)34(36)45/h8-15,22H,6-7,16-18H2,1-5H3,(H,49,50). The fraction of sp³-hybridized carbons (Fsp3) is 0.316. The molecule has 0 bridgehead atoms. The molecule has 1 N–H and O–H groups in total. The summed E-state index contributed by atoms with van der Waals surface area (Å²) in [6, 6.07) is 11.2. The highest BCUT2D eigenvalue weighted by Gasteiger charge is 2.39. The monoisotopic (exact) mass is 780 g/mol. The number of halogens is 7. The molecule has 1 fully saturated rings. The van der Waals surface area contributed by atoms with Gasteiger partial charge in [0.2, 0.25) is 21.7 Å². The van der Waals surface area contributed by atoms with Gasteiger partial charge in [0.15, 0.2) is 28.2 Å². The van der Waals surface area contributed by atoms with Crippen molar-refractivity contribution in [1.82, 2.24) is 4.31 Å². The highest BCUT2D eigenvalue weighted by Crippen LogP contribution is 2.42. The van der Waals surface area contributed by atoms with Crippen LogP contribution in [0.5, 0.6) is 0 Å². The average Bonchev–Trinajstić information content (AvgIpc) is 3.92. The topological polar surface area (TPSA) is 95.0 Å². The minimum atomic E-state index is -5.75. The van der Waals surface area contributed by atoms with Gasteiger partial charge in [-0.1, -0.05) is 56.6 Å². The first-order chi connectivity index (χ1) is 24.6. The highest BCUT2D eigenvalue weighted by molar-refractivity contribution is 7.89. The molecule has 0 aliphatic heterocycles. The normalized spacial score (nSPS) is 13.5. The summed E-state index contributed by atoms with van der Waals surface area (Å²) < 4.78 is 115. The number of hydrogen-bond acceptors (Lipinski definition) is 4. The second kappa shape index (κ2) is 14.8. The van der Waals surface area contributed by atoms with Crippen molar-refractivity contribution in [3.8, 4) is 0 Å². The molecule has 0 unspecified atom stereocenters. The molecule has 0 radical (unpaired) electrons. The molecule has 1 amide bonds. The van der Waals surface area contributed by atoms with E-state index >= 15 is 8.78 Å². The molecule has 1 aliphatic carbocycles. The molecule has 7 nitrogen and oxygen atoms in total. The number of aryl methyl sites for hydroxylation is 2. The number of aromatic carboxylic acids is 1. The van der Waals surface area contributed by atoms with Crippen molar-refractivity contribution in [2.24, 2.45) is 0 Å². The van der Waals surface area contributed by atoms with E-state index < -0.39 is 74.8 Å². The molecule has 1 aliphatic rings. The van der Waals surface area contributed by atoms with Crippen molar-refractivity contribution in [2.45, 2.75) is 76.8 Å². The summed E-state index contributed by atoms with van der Waals surface area (Å²) in [5.74, 6) is -15.7. The number of benzene rings is 4. The molecule has 0 saturated heterocycles. The zero-order valence-corrected chi connectivity index (χ0v) is 30.8. The Balaban J connectivity index is 1.69. The van der Waals surface area contributed by atoms with Crippen LogP contribution in [0, 0.1) is 48.8 Å². The van der Waals surface area contributed by atoms with Gasteiger partial charge < -0.3 is 10.0 Å². The zero-order valence-electron chi connectivity index (χ0n) is 29.3. The first kappa shape index (κ1) is 39.8. The summed E-state index contributed by atoms with van der Waals surface area (Å²) >= 11 is 6.16. The lowest BCUT2D eigenvalue weighted by atomic mass is 9.84. The number of amides is 1. The van der Waals surface area contributed by atoms with Crippen molar-refractivity contribution in [1.29, 1.82) is 0 Å². The zero-order chi connectivity index (χ0) is 39.3. The summed E-state index contributed by atoms with van der Waals surface area (Å²) in [6.07, 6.45) is 1.92. The van der Waals surface area contributed by atoms with Crippen LogP contribution in [-0.2, 0) is 33.3 Å². The van der Waals surface area contributed by atoms with Gasteiger partial charge in [0.25, 0.3) is 0 Å². The molecule has 282 valence electrons. The van der Waals surface area contributed by atoms with Crippen LogP contribution in [0.25, 0.3) is 0 Å². The summed E-state index contributed by atoms with van der Waals surface area (Å²) in [4.78, 5) is 25.4. The fourth-order valence-corrected chi connectivity index (χ4v) is 7.82. The maximum atomic E-state index is 15.1. The largest absolute Gasteiger partial charge is 0.478 e. The SMILES string of the molecule is Cc1cc(C(=O)O)cc(C)c1N(Cc1cc(C2CC2)cc(C(C)(C)C)c1)C(=O)CN(Cc1ccc(F)cc1Cl)S(=O)(=O)c1c(F)c(F)c(F)c(F)c1F. The number of anilines is 1. The Morgan fingerprint density at radius 2 is 1.40 bits per heavy atom. The summed E-state index contributed by atoms with van der Waals surface area (Å²) in [5, 5.41) is 9.32. The molecule has 0 aromatic heterocycles. The van der Waals surface area contributed by atoms with E-state index in [1.807, 2.05) is 32.9 Å². The van der Waals surface area contributed by atoms with Gasteiger partial charge >= 0.3 is 5.97 Å². The lowest BCUT2D eigenvalue weighted by Gasteiger charge is -2.31. The number of rotatable bonds is 11. The van der Waals surface area contributed by atoms with Gasteiger partial charge in [-0.05, 0) is 95.7 Å². The first-order valence-corrected chi connectivity index (χ1v) is 18.2. The van der Waals surface area contributed by atoms with Crippen LogP contribution in [0.1, 0.15) is 83.3 Å². The molecular formula is C38H35ClF6N2O5S. The van der Waals surface area contributed by atoms with Crippen molar-refractivity contribution >= 4 is 39.2 Å². The minimum Gasteiger partial charge on any atom is -0.478 e. The number of carbonyl (C=O) groups is 2. The molecule has 4 aromatic carbocycles. The number of hydrogen-bond donors (Lipinski definition) is 1. The van der Waals surface area contributed by atoms with Crippen LogP contribution in [0.2, 0.25) is 5.02 Å². The van der Waals surface area contributed by atoms with E-state index in [2.05, 4.69) is 6.07 Å². The van der Waals surface area contributed by atoms with Crippen molar-refractivity contribution < 1.29 is 49.5 Å². The van der Waals surface area contributed by atoms with Crippen LogP contribution in [-0.4, -0.2) is 36.3 Å². The van der Waals surface area contributed by atoms with Gasteiger partial charge in [-0.15, -0.1) is 0 Å². The Hall–Kier alpha value is -4.40. The Bertz CT molecular complexity index is 2200. The van der Waals surface area contributed by atoms with Crippen LogP contribution in [0.4, 0.5) is 32.0 Å². The van der Waals surface area contributed by atoms with E-state index in [9.17, 15) is 40.7 Å². The average molecular weight is 781 g/mol. The predicted octanol–water partition coefficient (Wildman–Crippen LogP) is 9.09. The smallest absolute Gasteiger partial charge is 0.335 e. The Morgan fingerprint density at radius 1 is 0.830 bits per heavy atom. The number of carboxylic acid groups (broad SMARTS) is 1. The van der Waals surface area contributed by atoms with E-state index in [1.54, 1.807) is 0 Å². The molecule has 0 heterocycles. The quantitative estimate of drug-likeness (QED) is 0.0932. The Kier molecular flexibility index (Phi) is 11.1. The lowest BCUT2D eigenvalue weighted by molar-refractivity contribution is -0.119. The van der Waals surface area contributed by atoms with Crippen LogP contribution in [0.15, 0.2) is 53.4 Å². The molecule has 4 aromatic rings. The summed E-state index contributed by atoms with van der Waals surface area (Å²) in [5.41, 5.74) is 2.83. The molecule has 53 heavy (non-hydrogen) atoms. The Labute approximate surface area is 307 Å². The van der Waals surface area contributed by atoms with E-state index in [1.165, 1.54) is 30.9 Å². The number of nitrogens with zero attached hydrogens (tertiary/aromatic N) is 2. The fourth-order valence-electron chi connectivity index (χ4n) is 6.12. The molecule has 1 saturated carbocycles. The van der Waals surface area contributed by atoms with Gasteiger partial charge in [0.05, 0.1) is 18.7 Å². The van der Waals surface area contributed by atoms with Gasteiger partial charge in [-0.25, -0.2) is 39.6 Å². The summed E-state index contributed by atoms with van der Waals surface area (Å²) in [6.45, 7) is 6.72. The van der Waals surface area contributed by atoms with Crippen molar-refractivity contribution in [3.05, 3.63) is 127 Å². The van der Waals surface area contributed by atoms with Crippen LogP contribution < -0.4 is 4.90 Å². The third-order valence-electron chi connectivity index (χ3n) is 9.02. The van der Waals surface area contributed by atoms with Gasteiger partial charge in [-0.2, -0.15) is 4.31 Å². The highest BCUT2D eigenvalue weighted by atomic mass is 35.5. The maximum Gasteiger partial charge on any atom is 0.335 e. The third-order valence-corrected chi connectivity index (χ3v) is 11.2. The van der Waals surface area contributed by atoms with E-state index in [0.29, 0.717) is 22.6 Å². The van der Waals surface area contributed by atoms with Gasteiger partial charge in [0, 0.05) is 17.3 Å². The van der Waals surface area contributed by atoms with E-state index in [4.69, 9.17) is 11.6 Å². The maximum absolute atomic E-state index is 15.1. The van der Waals surface area contributed by atoms with Gasteiger partial charge in [0.1, 0.15) is 5.82 Å². The first-order valence-electron chi connectivity index (χ1n) is 16.4. The third kappa shape index (κ3) is 8.24. The van der Waals surface area contributed by atoms with Crippen molar-refractivity contribution in [3.63, 3.8) is 0 Å². The van der Waals surface area contributed by atoms with Crippen LogP contribution >= 0.6 is 11.6 Å². The van der Waals surface area contributed by atoms with E-state index in [-0.39, 0.29) is 38.1 Å². The molecule has 15 heteroatoms. The number of carbonyl (C=O) groups excluding carboxylic acids is 1. The molecule has 5 rings (SSSR count). The van der Waals surface area contributed by atoms with E-state index in [0.717, 1.165) is 42.2 Å². The molecular weight excluding hydrogens is 746 g/mol. The summed E-state index contributed by atoms with van der Waals surface area (Å²) in [7, 11) is -5.75. The molecule has 0 atom stereocenters. The number of sulfonamides is 1. The predicted molar refractivity (Wildman–Crippen MR) is 186 cm³/mol. The van der Waals surface area contributed by atoms with Gasteiger partial charge in [-0.3, -0.25) is 4.79 Å². The second-order valence-corrected chi connectivity index (χ2v) is 16.4. The minimum absolute atomic E-state index is 0.0941. The number of carboxylic acids is 1. The second-order valence-electron chi connectivity index (χ2n) is 14.1.